The van der Waals surface area contributed by atoms with Crippen molar-refractivity contribution in [1.82, 2.24) is 0 Å². The lowest BCUT2D eigenvalue weighted by molar-refractivity contribution is 0.101. The summed E-state index contributed by atoms with van der Waals surface area (Å²) < 4.78 is 22.6. The minimum absolute atomic E-state index is 0.148. The molecule has 152 valence electrons. The first-order valence-electron chi connectivity index (χ1n) is 9.57. The molecule has 3 aromatic carbocycles. The van der Waals surface area contributed by atoms with Crippen LogP contribution in [0.3, 0.4) is 0 Å². The topological polar surface area (TPSA) is 54.0 Å². The van der Waals surface area contributed by atoms with Crippen LogP contribution in [0.1, 0.15) is 27.0 Å². The summed E-state index contributed by atoms with van der Waals surface area (Å²) in [5.74, 6) is 2.68. The number of carbonyl (C=O) groups excluding carboxylic acids is 1. The highest BCUT2D eigenvalue weighted by Crippen LogP contribution is 2.38. The molecule has 1 aliphatic rings. The van der Waals surface area contributed by atoms with Crippen molar-refractivity contribution in [3.05, 3.63) is 88.7 Å². The number of ether oxygens (including phenoxy) is 4. The third-order valence-corrected chi connectivity index (χ3v) is 4.96. The van der Waals surface area contributed by atoms with Crippen molar-refractivity contribution >= 4 is 11.9 Å². The molecular weight excluding hydrogens is 380 g/mol. The van der Waals surface area contributed by atoms with Crippen LogP contribution in [0.4, 0.5) is 0 Å². The highest BCUT2D eigenvalue weighted by atomic mass is 16.5. The van der Waals surface area contributed by atoms with Crippen molar-refractivity contribution in [2.45, 2.75) is 13.5 Å². The van der Waals surface area contributed by atoms with Crippen LogP contribution in [0, 0.1) is 6.92 Å². The Morgan fingerprint density at radius 1 is 0.933 bits per heavy atom. The Labute approximate surface area is 175 Å². The van der Waals surface area contributed by atoms with Crippen LogP contribution >= 0.6 is 0 Å². The Bertz CT molecular complexity index is 1130. The van der Waals surface area contributed by atoms with E-state index in [1.54, 1.807) is 26.4 Å². The van der Waals surface area contributed by atoms with Gasteiger partial charge in [0.15, 0.2) is 5.76 Å². The third kappa shape index (κ3) is 3.74. The Hall–Kier alpha value is -3.73. The van der Waals surface area contributed by atoms with E-state index in [4.69, 9.17) is 18.9 Å². The van der Waals surface area contributed by atoms with Gasteiger partial charge in [-0.25, -0.2) is 0 Å². The van der Waals surface area contributed by atoms with E-state index in [-0.39, 0.29) is 11.5 Å². The number of ketones is 1. The lowest BCUT2D eigenvalue weighted by Gasteiger charge is -2.11. The minimum atomic E-state index is -0.148. The van der Waals surface area contributed by atoms with E-state index in [0.29, 0.717) is 29.4 Å². The summed E-state index contributed by atoms with van der Waals surface area (Å²) in [6.07, 6.45) is 1.70. The maximum atomic E-state index is 12.9. The van der Waals surface area contributed by atoms with Crippen molar-refractivity contribution in [2.24, 2.45) is 0 Å². The molecule has 0 bridgehead atoms. The van der Waals surface area contributed by atoms with E-state index in [2.05, 4.69) is 0 Å². The fourth-order valence-electron chi connectivity index (χ4n) is 3.47. The van der Waals surface area contributed by atoms with Crippen molar-refractivity contribution in [1.29, 1.82) is 0 Å². The van der Waals surface area contributed by atoms with Crippen molar-refractivity contribution in [2.75, 3.05) is 14.2 Å². The van der Waals surface area contributed by atoms with Crippen molar-refractivity contribution in [3.63, 3.8) is 0 Å². The first-order chi connectivity index (χ1) is 14.6. The fraction of sp³-hybridized carbons (Fsp3) is 0.160. The average molecular weight is 402 g/mol. The molecule has 0 aliphatic carbocycles. The number of rotatable bonds is 6. The standard InChI is InChI=1S/C25H22O5/c1-16-12-19(29-15-18-9-5-7-11-21(18)28-3)14-22-24(16)25(26)23(30-22)13-17-8-4-6-10-20(17)27-2/h4-14H,15H2,1-3H3/b23-13-. The number of benzene rings is 3. The Balaban J connectivity index is 1.59. The van der Waals surface area contributed by atoms with E-state index in [1.807, 2.05) is 61.5 Å². The van der Waals surface area contributed by atoms with Gasteiger partial charge in [0.2, 0.25) is 5.78 Å². The zero-order valence-electron chi connectivity index (χ0n) is 17.1. The molecule has 0 radical (unpaired) electrons. The second-order valence-electron chi connectivity index (χ2n) is 6.90. The quantitative estimate of drug-likeness (QED) is 0.530. The second-order valence-corrected chi connectivity index (χ2v) is 6.90. The zero-order valence-corrected chi connectivity index (χ0v) is 17.1. The Kier molecular flexibility index (Phi) is 5.44. The molecule has 1 aliphatic heterocycles. The molecule has 1 heterocycles. The molecule has 0 amide bonds. The normalized spacial score (nSPS) is 13.7. The molecule has 0 spiro atoms. The number of hydrogen-bond acceptors (Lipinski definition) is 5. The van der Waals surface area contributed by atoms with Gasteiger partial charge in [-0.3, -0.25) is 4.79 Å². The fourth-order valence-corrected chi connectivity index (χ4v) is 3.47. The molecule has 0 saturated carbocycles. The van der Waals surface area contributed by atoms with E-state index in [9.17, 15) is 4.79 Å². The number of allylic oxidation sites excluding steroid dienone is 1. The van der Waals surface area contributed by atoms with Crippen LogP contribution in [-0.4, -0.2) is 20.0 Å². The molecule has 0 unspecified atom stereocenters. The average Bonchev–Trinajstić information content (AvgIpc) is 3.08. The summed E-state index contributed by atoms with van der Waals surface area (Å²) in [6.45, 7) is 2.22. The van der Waals surface area contributed by atoms with Crippen LogP contribution in [-0.2, 0) is 6.61 Å². The lowest BCUT2D eigenvalue weighted by Crippen LogP contribution is -2.01. The molecule has 3 aromatic rings. The number of Topliss-reactive ketones (excluding diaryl/α,β-unsaturated/α-hetero) is 1. The number of methoxy groups -OCH3 is 2. The Morgan fingerprint density at radius 2 is 1.63 bits per heavy atom. The van der Waals surface area contributed by atoms with Gasteiger partial charge in [-0.05, 0) is 36.8 Å². The molecular formula is C25H22O5. The molecule has 0 aromatic heterocycles. The third-order valence-electron chi connectivity index (χ3n) is 4.96. The monoisotopic (exact) mass is 402 g/mol. The van der Waals surface area contributed by atoms with Crippen LogP contribution in [0.5, 0.6) is 23.0 Å². The van der Waals surface area contributed by atoms with Gasteiger partial charge in [0, 0.05) is 17.2 Å². The first-order valence-corrected chi connectivity index (χ1v) is 9.57. The maximum absolute atomic E-state index is 12.9. The van der Waals surface area contributed by atoms with E-state index >= 15 is 0 Å². The second kappa shape index (κ2) is 8.33. The van der Waals surface area contributed by atoms with Gasteiger partial charge in [0.25, 0.3) is 0 Å². The van der Waals surface area contributed by atoms with Crippen LogP contribution in [0.25, 0.3) is 6.08 Å². The molecule has 5 heteroatoms. The summed E-state index contributed by atoms with van der Waals surface area (Å²) in [5.41, 5.74) is 3.07. The first kappa shape index (κ1) is 19.6. The van der Waals surface area contributed by atoms with Crippen LogP contribution in [0.2, 0.25) is 0 Å². The molecule has 30 heavy (non-hydrogen) atoms. The highest BCUT2D eigenvalue weighted by Gasteiger charge is 2.30. The molecule has 0 fully saturated rings. The number of carbonyl (C=O) groups is 1. The summed E-state index contributed by atoms with van der Waals surface area (Å²) in [4.78, 5) is 12.9. The predicted molar refractivity (Wildman–Crippen MR) is 114 cm³/mol. The van der Waals surface area contributed by atoms with Crippen LogP contribution < -0.4 is 18.9 Å². The summed E-state index contributed by atoms with van der Waals surface area (Å²) in [7, 11) is 3.23. The Morgan fingerprint density at radius 3 is 2.40 bits per heavy atom. The molecule has 0 N–H and O–H groups in total. The highest BCUT2D eigenvalue weighted by molar-refractivity contribution is 6.15. The van der Waals surface area contributed by atoms with E-state index in [1.165, 1.54) is 0 Å². The molecule has 0 atom stereocenters. The van der Waals surface area contributed by atoms with Crippen LogP contribution in [0.15, 0.2) is 66.4 Å². The number of para-hydroxylation sites is 2. The summed E-state index contributed by atoms with van der Waals surface area (Å²) in [6, 6.07) is 18.8. The number of aryl methyl sites for hydroxylation is 1. The summed E-state index contributed by atoms with van der Waals surface area (Å²) >= 11 is 0. The van der Waals surface area contributed by atoms with Gasteiger partial charge >= 0.3 is 0 Å². The minimum Gasteiger partial charge on any atom is -0.496 e. The predicted octanol–water partition coefficient (Wildman–Crippen LogP) is 5.21. The smallest absolute Gasteiger partial charge is 0.232 e. The van der Waals surface area contributed by atoms with Gasteiger partial charge in [0.05, 0.1) is 19.8 Å². The molecule has 4 rings (SSSR count). The number of fused-ring (bicyclic) bond motifs is 1. The van der Waals surface area contributed by atoms with E-state index < -0.39 is 0 Å². The molecule has 5 nitrogen and oxygen atoms in total. The van der Waals surface area contributed by atoms with Gasteiger partial charge in [-0.15, -0.1) is 0 Å². The lowest BCUT2D eigenvalue weighted by atomic mass is 10.0. The van der Waals surface area contributed by atoms with Crippen molar-refractivity contribution in [3.8, 4) is 23.0 Å². The number of hydrogen-bond donors (Lipinski definition) is 0. The molecule has 0 saturated heterocycles. The van der Waals surface area contributed by atoms with Gasteiger partial charge in [-0.1, -0.05) is 36.4 Å². The maximum Gasteiger partial charge on any atom is 0.232 e. The van der Waals surface area contributed by atoms with Crippen molar-refractivity contribution < 1.29 is 23.7 Å². The van der Waals surface area contributed by atoms with Gasteiger partial charge in [-0.2, -0.15) is 0 Å². The SMILES string of the molecule is COc1ccccc1/C=C1\Oc2cc(OCc3ccccc3OC)cc(C)c2C1=O. The van der Waals surface area contributed by atoms with Gasteiger partial charge in [0.1, 0.15) is 29.6 Å². The summed E-state index contributed by atoms with van der Waals surface area (Å²) in [5, 5.41) is 0. The zero-order chi connectivity index (χ0) is 21.1. The van der Waals surface area contributed by atoms with Gasteiger partial charge < -0.3 is 18.9 Å². The van der Waals surface area contributed by atoms with E-state index in [0.717, 1.165) is 22.4 Å². The largest absolute Gasteiger partial charge is 0.496 e.